The lowest BCUT2D eigenvalue weighted by atomic mass is 10.1. The van der Waals surface area contributed by atoms with Crippen LogP contribution in [0.4, 0.5) is 4.79 Å². The average Bonchev–Trinajstić information content (AvgIpc) is 2.51. The van der Waals surface area contributed by atoms with Gasteiger partial charge < -0.3 is 10.1 Å². The van der Waals surface area contributed by atoms with Crippen molar-refractivity contribution in [3.63, 3.8) is 0 Å². The predicted octanol–water partition coefficient (Wildman–Crippen LogP) is 2.31. The molecule has 0 spiro atoms. The molecule has 76 valence electrons. The number of hydrogen-bond acceptors (Lipinski definition) is 2. The zero-order valence-electron chi connectivity index (χ0n) is 8.51. The number of amides is 1. The minimum atomic E-state index is -0.276. The average molecular weight is 185 g/mol. The topological polar surface area (TPSA) is 38.3 Å². The fraction of sp³-hybridized carbons (Fsp3) is 0.900. The lowest BCUT2D eigenvalue weighted by molar-refractivity contribution is 0.114. The van der Waals surface area contributed by atoms with Crippen LogP contribution in [0.15, 0.2) is 0 Å². The van der Waals surface area contributed by atoms with Gasteiger partial charge in [0.2, 0.25) is 0 Å². The van der Waals surface area contributed by atoms with Crippen molar-refractivity contribution in [2.24, 2.45) is 5.92 Å². The van der Waals surface area contributed by atoms with Crippen LogP contribution in [0.3, 0.4) is 0 Å². The first-order valence-corrected chi connectivity index (χ1v) is 5.13. The van der Waals surface area contributed by atoms with Gasteiger partial charge in [-0.2, -0.15) is 0 Å². The van der Waals surface area contributed by atoms with E-state index in [1.807, 2.05) is 13.8 Å². The molecule has 0 unspecified atom stereocenters. The summed E-state index contributed by atoms with van der Waals surface area (Å²) in [7, 11) is 0. The second-order valence-electron chi connectivity index (χ2n) is 3.99. The van der Waals surface area contributed by atoms with Gasteiger partial charge in [-0.15, -0.1) is 0 Å². The van der Waals surface area contributed by atoms with Gasteiger partial charge in [0.25, 0.3) is 0 Å². The van der Waals surface area contributed by atoms with E-state index in [2.05, 4.69) is 5.32 Å². The number of hydrogen-bond donors (Lipinski definition) is 1. The monoisotopic (exact) mass is 185 g/mol. The molecule has 13 heavy (non-hydrogen) atoms. The Kier molecular flexibility index (Phi) is 4.06. The zero-order chi connectivity index (χ0) is 9.68. The maximum Gasteiger partial charge on any atom is 0.407 e. The van der Waals surface area contributed by atoms with Gasteiger partial charge in [0.05, 0.1) is 6.10 Å². The summed E-state index contributed by atoms with van der Waals surface area (Å²) in [5.74, 6) is 0.680. The van der Waals surface area contributed by atoms with Gasteiger partial charge in [-0.25, -0.2) is 4.79 Å². The Hall–Kier alpha value is -0.730. The highest BCUT2D eigenvalue weighted by molar-refractivity contribution is 5.67. The molecule has 1 amide bonds. The molecule has 0 aromatic rings. The Balaban J connectivity index is 2.07. The van der Waals surface area contributed by atoms with Crippen LogP contribution >= 0.6 is 0 Å². The summed E-state index contributed by atoms with van der Waals surface area (Å²) >= 11 is 0. The van der Waals surface area contributed by atoms with Crippen molar-refractivity contribution in [2.45, 2.75) is 45.6 Å². The fourth-order valence-corrected chi connectivity index (χ4v) is 1.70. The normalized spacial score (nSPS) is 17.8. The molecular formula is C10H19NO2. The highest BCUT2D eigenvalue weighted by Crippen LogP contribution is 2.23. The Morgan fingerprint density at radius 2 is 2.08 bits per heavy atom. The number of rotatable bonds is 3. The van der Waals surface area contributed by atoms with Crippen LogP contribution < -0.4 is 5.32 Å². The molecule has 0 aromatic heterocycles. The number of ether oxygens (including phenoxy) is 1. The van der Waals surface area contributed by atoms with E-state index in [-0.39, 0.29) is 12.2 Å². The first-order chi connectivity index (χ1) is 6.18. The standard InChI is InChI=1S/C10H19NO2/c1-8(2)13-10(12)11-7-9-5-3-4-6-9/h8-9H,3-7H2,1-2H3,(H,11,12). The van der Waals surface area contributed by atoms with E-state index >= 15 is 0 Å². The number of carbonyl (C=O) groups excluding carboxylic acids is 1. The summed E-state index contributed by atoms with van der Waals surface area (Å²) < 4.78 is 4.96. The smallest absolute Gasteiger partial charge is 0.407 e. The van der Waals surface area contributed by atoms with Crippen molar-refractivity contribution < 1.29 is 9.53 Å². The molecule has 0 aliphatic heterocycles. The van der Waals surface area contributed by atoms with Crippen molar-refractivity contribution in [3.8, 4) is 0 Å². The SMILES string of the molecule is CC(C)OC(=O)NCC1CCCC1. The molecule has 1 aliphatic rings. The molecule has 0 heterocycles. The van der Waals surface area contributed by atoms with Crippen LogP contribution in [0.1, 0.15) is 39.5 Å². The molecule has 1 saturated carbocycles. The van der Waals surface area contributed by atoms with Gasteiger partial charge in [0, 0.05) is 6.54 Å². The van der Waals surface area contributed by atoms with Crippen LogP contribution in [-0.4, -0.2) is 18.7 Å². The molecule has 1 fully saturated rings. The third-order valence-electron chi connectivity index (χ3n) is 2.35. The van der Waals surface area contributed by atoms with Crippen LogP contribution in [0.25, 0.3) is 0 Å². The maximum atomic E-state index is 11.1. The van der Waals surface area contributed by atoms with Crippen molar-refractivity contribution in [1.82, 2.24) is 5.32 Å². The Morgan fingerprint density at radius 3 is 2.62 bits per heavy atom. The Morgan fingerprint density at radius 1 is 1.46 bits per heavy atom. The van der Waals surface area contributed by atoms with Gasteiger partial charge in [0.15, 0.2) is 0 Å². The van der Waals surface area contributed by atoms with Gasteiger partial charge >= 0.3 is 6.09 Å². The van der Waals surface area contributed by atoms with E-state index in [0.29, 0.717) is 5.92 Å². The number of carbonyl (C=O) groups is 1. The Labute approximate surface area is 79.8 Å². The minimum Gasteiger partial charge on any atom is -0.447 e. The van der Waals surface area contributed by atoms with Crippen molar-refractivity contribution in [3.05, 3.63) is 0 Å². The molecule has 0 atom stereocenters. The molecule has 3 heteroatoms. The predicted molar refractivity (Wildman–Crippen MR) is 51.6 cm³/mol. The fourth-order valence-electron chi connectivity index (χ4n) is 1.70. The van der Waals surface area contributed by atoms with Gasteiger partial charge in [-0.1, -0.05) is 12.8 Å². The second-order valence-corrected chi connectivity index (χ2v) is 3.99. The first-order valence-electron chi connectivity index (χ1n) is 5.13. The van der Waals surface area contributed by atoms with Gasteiger partial charge in [-0.05, 0) is 32.6 Å². The van der Waals surface area contributed by atoms with E-state index < -0.39 is 0 Å². The first kappa shape index (κ1) is 10.4. The molecule has 0 saturated heterocycles. The van der Waals surface area contributed by atoms with Crippen LogP contribution in [0.5, 0.6) is 0 Å². The number of alkyl carbamates (subject to hydrolysis) is 1. The molecule has 1 rings (SSSR count). The highest BCUT2D eigenvalue weighted by Gasteiger charge is 2.16. The lowest BCUT2D eigenvalue weighted by Crippen LogP contribution is -2.30. The van der Waals surface area contributed by atoms with Crippen molar-refractivity contribution in [1.29, 1.82) is 0 Å². The summed E-state index contributed by atoms with van der Waals surface area (Å²) in [4.78, 5) is 11.1. The lowest BCUT2D eigenvalue weighted by Gasteiger charge is -2.12. The minimum absolute atomic E-state index is 0.0245. The Bertz CT molecular complexity index is 162. The summed E-state index contributed by atoms with van der Waals surface area (Å²) in [6.07, 6.45) is 4.83. The quantitative estimate of drug-likeness (QED) is 0.732. The second kappa shape index (κ2) is 5.10. The van der Waals surface area contributed by atoms with Crippen molar-refractivity contribution >= 4 is 6.09 Å². The van der Waals surface area contributed by atoms with E-state index in [9.17, 15) is 4.79 Å². The summed E-state index contributed by atoms with van der Waals surface area (Å²) in [5, 5.41) is 2.79. The van der Waals surface area contributed by atoms with E-state index in [1.165, 1.54) is 25.7 Å². The van der Waals surface area contributed by atoms with Gasteiger partial charge in [-0.3, -0.25) is 0 Å². The molecular weight excluding hydrogens is 166 g/mol. The summed E-state index contributed by atoms with van der Waals surface area (Å²) in [6, 6.07) is 0. The molecule has 0 aromatic carbocycles. The molecule has 3 nitrogen and oxygen atoms in total. The molecule has 0 bridgehead atoms. The highest BCUT2D eigenvalue weighted by atomic mass is 16.6. The van der Waals surface area contributed by atoms with Crippen molar-refractivity contribution in [2.75, 3.05) is 6.54 Å². The van der Waals surface area contributed by atoms with Crippen LogP contribution in [0.2, 0.25) is 0 Å². The largest absolute Gasteiger partial charge is 0.447 e. The van der Waals surface area contributed by atoms with E-state index in [4.69, 9.17) is 4.74 Å². The molecule has 0 radical (unpaired) electrons. The molecule has 1 aliphatic carbocycles. The summed E-state index contributed by atoms with van der Waals surface area (Å²) in [6.45, 7) is 4.50. The maximum absolute atomic E-state index is 11.1. The zero-order valence-corrected chi connectivity index (χ0v) is 8.51. The van der Waals surface area contributed by atoms with E-state index in [0.717, 1.165) is 6.54 Å². The third-order valence-corrected chi connectivity index (χ3v) is 2.35. The van der Waals surface area contributed by atoms with Crippen LogP contribution in [-0.2, 0) is 4.74 Å². The van der Waals surface area contributed by atoms with Crippen LogP contribution in [0, 0.1) is 5.92 Å². The third kappa shape index (κ3) is 4.15. The summed E-state index contributed by atoms with van der Waals surface area (Å²) in [5.41, 5.74) is 0. The molecule has 1 N–H and O–H groups in total. The van der Waals surface area contributed by atoms with E-state index in [1.54, 1.807) is 0 Å². The number of nitrogens with one attached hydrogen (secondary N) is 1. The van der Waals surface area contributed by atoms with Gasteiger partial charge in [0.1, 0.15) is 0 Å².